The van der Waals surface area contributed by atoms with Crippen LogP contribution in [0.15, 0.2) is 23.4 Å². The zero-order chi connectivity index (χ0) is 21.4. The first-order valence-electron chi connectivity index (χ1n) is 8.08. The lowest BCUT2D eigenvalue weighted by atomic mass is 10.2. The van der Waals surface area contributed by atoms with Crippen LogP contribution in [0.5, 0.6) is 23.3 Å². The Balaban J connectivity index is 2.51. The molecule has 12 heteroatoms. The number of nitriles is 1. The maximum absolute atomic E-state index is 11.6. The highest BCUT2D eigenvalue weighted by atomic mass is 32.2. The molecule has 0 saturated carbocycles. The number of ether oxygens (including phenoxy) is 4. The van der Waals surface area contributed by atoms with E-state index in [1.54, 1.807) is 13.2 Å². The molecular weight excluding hydrogens is 404 g/mol. The highest BCUT2D eigenvalue weighted by Gasteiger charge is 2.30. The number of aromatic nitrogens is 2. The van der Waals surface area contributed by atoms with E-state index in [-0.39, 0.29) is 28.8 Å². The summed E-state index contributed by atoms with van der Waals surface area (Å²) in [6, 6.07) is 6.27. The SMILES string of the molecule is CCOC(=O)COc1nc(SC)nc(Oc2cc(C#N)ccc2OC)c1[N+](=O)[O-]. The van der Waals surface area contributed by atoms with Crippen molar-refractivity contribution < 1.29 is 28.7 Å². The van der Waals surface area contributed by atoms with Crippen molar-refractivity contribution in [1.29, 1.82) is 5.26 Å². The Hall–Kier alpha value is -3.59. The fourth-order valence-electron chi connectivity index (χ4n) is 2.08. The van der Waals surface area contributed by atoms with Crippen molar-refractivity contribution >= 4 is 23.4 Å². The molecule has 0 aliphatic heterocycles. The fourth-order valence-corrected chi connectivity index (χ4v) is 2.42. The molecule has 0 N–H and O–H groups in total. The number of benzene rings is 1. The van der Waals surface area contributed by atoms with Gasteiger partial charge in [0.25, 0.3) is 0 Å². The Bertz CT molecular complexity index is 962. The van der Waals surface area contributed by atoms with Crippen LogP contribution in [-0.2, 0) is 9.53 Å². The van der Waals surface area contributed by atoms with Gasteiger partial charge in [-0.3, -0.25) is 10.1 Å². The number of nitrogens with zero attached hydrogens (tertiary/aromatic N) is 4. The van der Waals surface area contributed by atoms with Crippen LogP contribution in [0.25, 0.3) is 0 Å². The maximum atomic E-state index is 11.6. The average Bonchev–Trinajstić information content (AvgIpc) is 2.71. The molecule has 11 nitrogen and oxygen atoms in total. The van der Waals surface area contributed by atoms with Gasteiger partial charge >= 0.3 is 23.4 Å². The van der Waals surface area contributed by atoms with Crippen molar-refractivity contribution in [2.45, 2.75) is 12.1 Å². The number of hydrogen-bond donors (Lipinski definition) is 0. The second kappa shape index (κ2) is 10.1. The molecule has 0 aliphatic rings. The van der Waals surface area contributed by atoms with Gasteiger partial charge in [0.15, 0.2) is 23.3 Å². The van der Waals surface area contributed by atoms with Gasteiger partial charge in [0.2, 0.25) is 0 Å². The molecule has 152 valence electrons. The third kappa shape index (κ3) is 5.45. The summed E-state index contributed by atoms with van der Waals surface area (Å²) < 4.78 is 20.7. The fraction of sp³-hybridized carbons (Fsp3) is 0.294. The van der Waals surface area contributed by atoms with E-state index in [4.69, 9.17) is 24.2 Å². The van der Waals surface area contributed by atoms with Crippen molar-refractivity contribution in [3.63, 3.8) is 0 Å². The average molecular weight is 420 g/mol. The minimum absolute atomic E-state index is 0.0387. The number of methoxy groups -OCH3 is 1. The van der Waals surface area contributed by atoms with E-state index in [9.17, 15) is 14.9 Å². The molecule has 1 aromatic carbocycles. The molecule has 0 saturated heterocycles. The van der Waals surface area contributed by atoms with Gasteiger partial charge in [-0.15, -0.1) is 0 Å². The summed E-state index contributed by atoms with van der Waals surface area (Å²) in [4.78, 5) is 30.3. The highest BCUT2D eigenvalue weighted by molar-refractivity contribution is 7.98. The smallest absolute Gasteiger partial charge is 0.392 e. The van der Waals surface area contributed by atoms with Gasteiger partial charge in [-0.25, -0.2) is 4.79 Å². The number of rotatable bonds is 9. The molecule has 2 aromatic rings. The first kappa shape index (κ1) is 21.7. The molecule has 29 heavy (non-hydrogen) atoms. The van der Waals surface area contributed by atoms with Gasteiger partial charge < -0.3 is 18.9 Å². The molecule has 0 fully saturated rings. The van der Waals surface area contributed by atoms with Crippen molar-refractivity contribution in [2.24, 2.45) is 0 Å². The predicted molar refractivity (Wildman–Crippen MR) is 100 cm³/mol. The van der Waals surface area contributed by atoms with Gasteiger partial charge in [0.1, 0.15) is 0 Å². The summed E-state index contributed by atoms with van der Waals surface area (Å²) in [6.07, 6.45) is 1.65. The van der Waals surface area contributed by atoms with Gasteiger partial charge in [0.05, 0.1) is 30.3 Å². The summed E-state index contributed by atoms with van der Waals surface area (Å²) in [5.41, 5.74) is -0.433. The predicted octanol–water partition coefficient (Wildman–Crippen LogP) is 2.72. The molecule has 0 aliphatic carbocycles. The van der Waals surface area contributed by atoms with Crippen molar-refractivity contribution in [3.8, 4) is 29.3 Å². The molecule has 2 rings (SSSR count). The minimum Gasteiger partial charge on any atom is -0.493 e. The highest BCUT2D eigenvalue weighted by Crippen LogP contribution is 2.40. The molecule has 0 radical (unpaired) electrons. The number of carbonyl (C=O) groups is 1. The van der Waals surface area contributed by atoms with Gasteiger partial charge in [-0.2, -0.15) is 15.2 Å². The van der Waals surface area contributed by atoms with Crippen molar-refractivity contribution in [2.75, 3.05) is 26.6 Å². The Morgan fingerprint density at radius 1 is 1.31 bits per heavy atom. The summed E-state index contributed by atoms with van der Waals surface area (Å²) in [5, 5.41) is 20.8. The lowest BCUT2D eigenvalue weighted by Crippen LogP contribution is -2.16. The van der Waals surface area contributed by atoms with Crippen molar-refractivity contribution in [3.05, 3.63) is 33.9 Å². The monoisotopic (exact) mass is 420 g/mol. The van der Waals surface area contributed by atoms with Crippen LogP contribution in [0.1, 0.15) is 12.5 Å². The van der Waals surface area contributed by atoms with Gasteiger partial charge in [0, 0.05) is 6.07 Å². The minimum atomic E-state index is -0.791. The molecule has 0 amide bonds. The van der Waals surface area contributed by atoms with E-state index >= 15 is 0 Å². The maximum Gasteiger partial charge on any atom is 0.392 e. The lowest BCUT2D eigenvalue weighted by molar-refractivity contribution is -0.387. The van der Waals surface area contributed by atoms with Gasteiger partial charge in [-0.1, -0.05) is 11.8 Å². The Labute approximate surface area is 169 Å². The van der Waals surface area contributed by atoms with E-state index in [0.29, 0.717) is 0 Å². The standard InChI is InChI=1S/C17H16N4O7S/c1-4-26-13(22)9-27-15-14(21(23)24)16(20-17(19-15)29-3)28-12-7-10(8-18)5-6-11(12)25-2/h5-7H,4,9H2,1-3H3. The Kier molecular flexibility index (Phi) is 7.55. The number of carbonyl (C=O) groups excluding carboxylic acids is 1. The molecular formula is C17H16N4O7S. The summed E-state index contributed by atoms with van der Waals surface area (Å²) in [6.45, 7) is 1.17. The summed E-state index contributed by atoms with van der Waals surface area (Å²) in [7, 11) is 1.38. The molecule has 0 atom stereocenters. The first-order chi connectivity index (χ1) is 13.9. The quantitative estimate of drug-likeness (QED) is 0.194. The van der Waals surface area contributed by atoms with Crippen LogP contribution < -0.4 is 14.2 Å². The largest absolute Gasteiger partial charge is 0.493 e. The Morgan fingerprint density at radius 3 is 2.62 bits per heavy atom. The van der Waals surface area contributed by atoms with Crippen LogP contribution in [0.3, 0.4) is 0 Å². The topological polar surface area (TPSA) is 147 Å². The molecule has 1 aromatic heterocycles. The van der Waals surface area contributed by atoms with E-state index in [2.05, 4.69) is 9.97 Å². The van der Waals surface area contributed by atoms with E-state index in [1.165, 1.54) is 25.3 Å². The molecule has 0 spiro atoms. The number of hydrogen-bond acceptors (Lipinski definition) is 11. The molecule has 1 heterocycles. The van der Waals surface area contributed by atoms with Gasteiger partial charge in [-0.05, 0) is 25.3 Å². The third-order valence-corrected chi connectivity index (χ3v) is 3.84. The van der Waals surface area contributed by atoms with Crippen LogP contribution in [0, 0.1) is 21.4 Å². The van der Waals surface area contributed by atoms with Crippen LogP contribution >= 0.6 is 11.8 Å². The van der Waals surface area contributed by atoms with Crippen molar-refractivity contribution in [1.82, 2.24) is 9.97 Å². The lowest BCUT2D eigenvalue weighted by Gasteiger charge is -2.12. The van der Waals surface area contributed by atoms with E-state index in [1.807, 2.05) is 6.07 Å². The second-order valence-corrected chi connectivity index (χ2v) is 5.87. The zero-order valence-electron chi connectivity index (χ0n) is 15.7. The molecule has 0 bridgehead atoms. The third-order valence-electron chi connectivity index (χ3n) is 3.30. The summed E-state index contributed by atoms with van der Waals surface area (Å²) >= 11 is 1.09. The normalized spacial score (nSPS) is 10.0. The van der Waals surface area contributed by atoms with Crippen LogP contribution in [0.4, 0.5) is 5.69 Å². The second-order valence-electron chi connectivity index (χ2n) is 5.10. The zero-order valence-corrected chi connectivity index (χ0v) is 16.5. The van der Waals surface area contributed by atoms with Crippen LogP contribution in [0.2, 0.25) is 0 Å². The van der Waals surface area contributed by atoms with E-state index < -0.39 is 34.9 Å². The number of nitro groups is 1. The summed E-state index contributed by atoms with van der Waals surface area (Å²) in [5.74, 6) is -1.32. The first-order valence-corrected chi connectivity index (χ1v) is 9.30. The Morgan fingerprint density at radius 2 is 2.03 bits per heavy atom. The number of thioether (sulfide) groups is 1. The van der Waals surface area contributed by atoms with E-state index in [0.717, 1.165) is 11.8 Å². The number of esters is 1. The van der Waals surface area contributed by atoms with Crippen LogP contribution in [-0.4, -0.2) is 47.4 Å². The molecule has 0 unspecified atom stereocenters.